The highest BCUT2D eigenvalue weighted by molar-refractivity contribution is 5.87. The Labute approximate surface area is 485 Å². The van der Waals surface area contributed by atoms with Crippen LogP contribution in [0.15, 0.2) is 0 Å². The maximum Gasteiger partial charge on any atom is 0.364 e. The Morgan fingerprint density at radius 3 is 1.57 bits per heavy atom. The van der Waals surface area contributed by atoms with E-state index < -0.39 is 154 Å². The van der Waals surface area contributed by atoms with Crippen LogP contribution in [-0.4, -0.2) is 217 Å². The molecular weight excluding hydrogens is 1070 g/mol. The number of unbranched alkanes of at least 4 members (excludes halogenated alkanes) is 25. The first-order valence-corrected chi connectivity index (χ1v) is 31.0. The van der Waals surface area contributed by atoms with E-state index in [1.54, 1.807) is 0 Å². The lowest BCUT2D eigenvalue weighted by Gasteiger charge is -2.50. The normalized spacial score (nSPS) is 29.6. The molecule has 3 aliphatic heterocycles. The third-order valence-electron chi connectivity index (χ3n) is 15.9. The Balaban J connectivity index is 1.65. The smallest absolute Gasteiger partial charge is 0.364 e. The predicted octanol–water partition coefficient (Wildman–Crippen LogP) is 2.36. The second kappa shape index (κ2) is 41.4. The number of carboxylic acid groups (broad SMARTS) is 1. The van der Waals surface area contributed by atoms with Crippen LogP contribution in [0.4, 0.5) is 0 Å². The predicted molar refractivity (Wildman–Crippen MR) is 299 cm³/mol. The molecule has 0 radical (unpaired) electrons. The fourth-order valence-corrected chi connectivity index (χ4v) is 10.9. The van der Waals surface area contributed by atoms with Crippen molar-refractivity contribution in [3.63, 3.8) is 0 Å². The van der Waals surface area contributed by atoms with E-state index in [1.165, 1.54) is 109 Å². The number of hydrogen-bond acceptors (Lipinski definition) is 20. The fraction of sp³-hybridized carbons (Fsp3) is 0.931. The molecule has 0 aromatic heterocycles. The van der Waals surface area contributed by atoms with Crippen LogP contribution < -0.4 is 16.0 Å². The lowest BCUT2D eigenvalue weighted by Crippen LogP contribution is -2.70. The molecule has 0 aromatic carbocycles. The molecule has 82 heavy (non-hydrogen) atoms. The first-order valence-electron chi connectivity index (χ1n) is 31.0. The minimum atomic E-state index is -3.09. The molecule has 0 saturated carbocycles. The maximum absolute atomic E-state index is 13.7. The molecule has 14 N–H and O–H groups in total. The number of carbonyl (C=O) groups is 4. The van der Waals surface area contributed by atoms with E-state index in [2.05, 4.69) is 29.8 Å². The Bertz CT molecular complexity index is 1740. The summed E-state index contributed by atoms with van der Waals surface area (Å²) in [6.07, 6.45) is 2.87. The zero-order valence-electron chi connectivity index (χ0n) is 49.3. The average Bonchev–Trinajstić information content (AvgIpc) is 3.03. The Hall–Kier alpha value is -2.76. The van der Waals surface area contributed by atoms with Gasteiger partial charge in [-0.3, -0.25) is 14.4 Å². The van der Waals surface area contributed by atoms with Gasteiger partial charge in [0.05, 0.1) is 38.6 Å². The van der Waals surface area contributed by atoms with E-state index in [0.29, 0.717) is 19.4 Å². The van der Waals surface area contributed by atoms with Gasteiger partial charge < -0.3 is 101 Å². The Kier molecular flexibility index (Phi) is 37.1. The number of hydrogen-bond donors (Lipinski definition) is 14. The van der Waals surface area contributed by atoms with Crippen molar-refractivity contribution in [3.05, 3.63) is 0 Å². The van der Waals surface area contributed by atoms with Crippen molar-refractivity contribution in [3.8, 4) is 0 Å². The summed E-state index contributed by atoms with van der Waals surface area (Å²) < 4.78 is 34.5. The molecule has 17 atom stereocenters. The number of nitrogens with one attached hydrogen (secondary N) is 3. The second-order valence-electron chi connectivity index (χ2n) is 22.8. The third kappa shape index (κ3) is 25.3. The van der Waals surface area contributed by atoms with Crippen molar-refractivity contribution in [1.82, 2.24) is 16.0 Å². The first-order chi connectivity index (χ1) is 39.4. The molecule has 0 aliphatic carbocycles. The van der Waals surface area contributed by atoms with Crippen LogP contribution in [0.3, 0.4) is 0 Å². The summed E-state index contributed by atoms with van der Waals surface area (Å²) in [5.41, 5.74) is 0. The number of carbonyl (C=O) groups excluding carboxylic acids is 3. The molecule has 3 aliphatic rings. The second-order valence-corrected chi connectivity index (χ2v) is 22.8. The lowest BCUT2D eigenvalue weighted by molar-refractivity contribution is -0.386. The van der Waals surface area contributed by atoms with E-state index in [0.717, 1.165) is 58.3 Å². The highest BCUT2D eigenvalue weighted by Crippen LogP contribution is 2.38. The van der Waals surface area contributed by atoms with Crippen molar-refractivity contribution < 1.29 is 104 Å². The Morgan fingerprint density at radius 2 is 1.10 bits per heavy atom. The van der Waals surface area contributed by atoms with Crippen LogP contribution in [0.2, 0.25) is 0 Å². The summed E-state index contributed by atoms with van der Waals surface area (Å²) in [6, 6.07) is -2.83. The highest BCUT2D eigenvalue weighted by atomic mass is 16.8. The van der Waals surface area contributed by atoms with Gasteiger partial charge in [0.15, 0.2) is 12.6 Å². The van der Waals surface area contributed by atoms with Gasteiger partial charge in [0.2, 0.25) is 17.7 Å². The van der Waals surface area contributed by atoms with Crippen molar-refractivity contribution in [1.29, 1.82) is 0 Å². The summed E-state index contributed by atoms with van der Waals surface area (Å²) in [5, 5.41) is 127. The van der Waals surface area contributed by atoms with Gasteiger partial charge in [-0.15, -0.1) is 0 Å². The molecule has 0 unspecified atom stereocenters. The van der Waals surface area contributed by atoms with Crippen LogP contribution >= 0.6 is 0 Å². The monoisotopic (exact) mass is 1180 g/mol. The van der Waals surface area contributed by atoms with Crippen LogP contribution in [-0.2, 0) is 47.6 Å². The van der Waals surface area contributed by atoms with Gasteiger partial charge in [-0.25, -0.2) is 4.79 Å². The highest BCUT2D eigenvalue weighted by Gasteiger charge is 2.60. The summed E-state index contributed by atoms with van der Waals surface area (Å²) in [5.74, 6) is -6.76. The van der Waals surface area contributed by atoms with E-state index in [9.17, 15) is 75.3 Å². The maximum atomic E-state index is 13.7. The summed E-state index contributed by atoms with van der Waals surface area (Å²) in [6.45, 7) is 2.29. The summed E-state index contributed by atoms with van der Waals surface area (Å²) in [4.78, 5) is 52.0. The van der Waals surface area contributed by atoms with Gasteiger partial charge >= 0.3 is 5.97 Å². The standard InChI is InChI=1S/C58H107N3O21/c1-4-6-8-10-12-14-16-18-19-20-21-23-25-27-29-31-44(68)61-39(54(74)59-32-30-28-26-24-22-17-15-13-11-9-7-5-2)37-77-55-49(72)48(71)51(43(36-64)79-55)80-56-50(73)53(47(70)42(35-63)78-56)82-58(57(75)76)33-40(66)45(60-38(3)65)52(81-58)46(69)41(67)34-62/h39-43,45-53,55-56,62-64,66-67,69-73H,4-37H2,1-3H3,(H,59,74)(H,60,65)(H,61,68)(H,75,76)/t39-,40-,41+,42+,43+,45+,46+,47-,48+,49+,50+,51+,52-,53-,55+,56-,58-/m0/s1. The van der Waals surface area contributed by atoms with Crippen molar-refractivity contribution in [2.75, 3.05) is 33.0 Å². The van der Waals surface area contributed by atoms with E-state index in [4.69, 9.17) is 28.4 Å². The molecule has 24 nitrogen and oxygen atoms in total. The molecule has 480 valence electrons. The topological polar surface area (TPSA) is 382 Å². The average molecular weight is 1180 g/mol. The molecule has 3 amide bonds. The fourth-order valence-electron chi connectivity index (χ4n) is 10.9. The van der Waals surface area contributed by atoms with Gasteiger partial charge in [0.25, 0.3) is 5.79 Å². The van der Waals surface area contributed by atoms with Crippen LogP contribution in [0.1, 0.15) is 207 Å². The van der Waals surface area contributed by atoms with Gasteiger partial charge in [0.1, 0.15) is 73.2 Å². The van der Waals surface area contributed by atoms with E-state index in [1.807, 2.05) is 0 Å². The molecule has 24 heteroatoms. The van der Waals surface area contributed by atoms with E-state index in [-0.39, 0.29) is 12.3 Å². The molecule has 0 bridgehead atoms. The number of ether oxygens (including phenoxy) is 6. The van der Waals surface area contributed by atoms with Crippen molar-refractivity contribution in [2.45, 2.75) is 311 Å². The summed E-state index contributed by atoms with van der Waals surface area (Å²) in [7, 11) is 0. The molecule has 0 spiro atoms. The minimum Gasteiger partial charge on any atom is -0.477 e. The van der Waals surface area contributed by atoms with Crippen LogP contribution in [0.25, 0.3) is 0 Å². The number of aliphatic carboxylic acids is 1. The molecule has 3 fully saturated rings. The number of carboxylic acids is 1. The summed E-state index contributed by atoms with van der Waals surface area (Å²) >= 11 is 0. The molecule has 3 rings (SSSR count). The minimum absolute atomic E-state index is 0.159. The van der Waals surface area contributed by atoms with Crippen LogP contribution in [0.5, 0.6) is 0 Å². The number of amides is 3. The molecule has 3 saturated heterocycles. The first kappa shape index (κ1) is 73.5. The third-order valence-corrected chi connectivity index (χ3v) is 15.9. The zero-order valence-corrected chi connectivity index (χ0v) is 49.3. The Morgan fingerprint density at radius 1 is 0.610 bits per heavy atom. The quantitative estimate of drug-likeness (QED) is 0.0389. The zero-order chi connectivity index (χ0) is 60.5. The molecule has 0 aromatic rings. The molecule has 3 heterocycles. The van der Waals surface area contributed by atoms with E-state index >= 15 is 0 Å². The largest absolute Gasteiger partial charge is 0.477 e. The van der Waals surface area contributed by atoms with Gasteiger partial charge in [-0.1, -0.05) is 174 Å². The van der Waals surface area contributed by atoms with Gasteiger partial charge in [-0.2, -0.15) is 0 Å². The number of rotatable bonds is 45. The number of aliphatic hydroxyl groups is 10. The van der Waals surface area contributed by atoms with Crippen LogP contribution in [0, 0.1) is 0 Å². The van der Waals surface area contributed by atoms with Crippen molar-refractivity contribution in [2.24, 2.45) is 0 Å². The SMILES string of the molecule is CCCCCCCCCCCCCCCCCC(=O)N[C@@H](CO[C@@H]1O[C@H](CO)[C@@H](O[C@@H]2O[C@H](CO)[C@H](O)[C@H](O[C@]3(C(=O)O)C[C@H](O)[C@@H](NC(C)=O)[C@@H]([C@H](O)[C@H](O)CO)O3)[C@H]2O)[C@H](O)[C@H]1O)C(=O)NCCCCCCCCCCCCCC. The van der Waals surface area contributed by atoms with Gasteiger partial charge in [-0.05, 0) is 12.8 Å². The van der Waals surface area contributed by atoms with Gasteiger partial charge in [0, 0.05) is 26.3 Å². The number of aliphatic hydroxyl groups excluding tert-OH is 10. The van der Waals surface area contributed by atoms with Crippen molar-refractivity contribution >= 4 is 23.7 Å². The molecular formula is C58H107N3O21. The lowest BCUT2D eigenvalue weighted by atomic mass is 9.88.